The number of hydrogen-bond acceptors (Lipinski definition) is 5. The summed E-state index contributed by atoms with van der Waals surface area (Å²) in [5.41, 5.74) is 2.13. The molecular formula is C18H22N4O2. The van der Waals surface area contributed by atoms with Gasteiger partial charge in [0.15, 0.2) is 5.76 Å². The van der Waals surface area contributed by atoms with E-state index in [1.165, 1.54) is 0 Å². The number of rotatable bonds is 7. The first-order valence-electron chi connectivity index (χ1n) is 8.19. The van der Waals surface area contributed by atoms with E-state index in [1.807, 2.05) is 24.3 Å². The Kier molecular flexibility index (Phi) is 4.93. The van der Waals surface area contributed by atoms with Crippen LogP contribution in [-0.2, 0) is 12.8 Å². The Balaban J connectivity index is 1.88. The summed E-state index contributed by atoms with van der Waals surface area (Å²) in [5.74, 6) is 3.38. The third-order valence-corrected chi connectivity index (χ3v) is 3.89. The molecule has 1 N–H and O–H groups in total. The van der Waals surface area contributed by atoms with Crippen molar-refractivity contribution in [3.05, 3.63) is 47.8 Å². The maximum Gasteiger partial charge on any atom is 0.239 e. The summed E-state index contributed by atoms with van der Waals surface area (Å²) < 4.78 is 12.1. The number of nitrogens with one attached hydrogen (secondary N) is 1. The van der Waals surface area contributed by atoms with Gasteiger partial charge < -0.3 is 9.47 Å². The van der Waals surface area contributed by atoms with Gasteiger partial charge in [-0.15, -0.1) is 16.8 Å². The average molecular weight is 326 g/mol. The molecule has 0 saturated carbocycles. The van der Waals surface area contributed by atoms with Crippen LogP contribution in [0.4, 0.5) is 0 Å². The van der Waals surface area contributed by atoms with Crippen molar-refractivity contribution in [2.45, 2.75) is 33.1 Å². The van der Waals surface area contributed by atoms with E-state index in [9.17, 15) is 0 Å². The molecule has 3 rings (SSSR count). The van der Waals surface area contributed by atoms with E-state index >= 15 is 0 Å². The molecule has 0 fully saturated rings. The fourth-order valence-electron chi connectivity index (χ4n) is 2.58. The number of tetrazole rings is 1. The number of hydrogen-bond donors (Lipinski definition) is 1. The second-order valence-corrected chi connectivity index (χ2v) is 6.16. The summed E-state index contributed by atoms with van der Waals surface area (Å²) in [7, 11) is 0. The lowest BCUT2D eigenvalue weighted by molar-refractivity contribution is 0.285. The van der Waals surface area contributed by atoms with Gasteiger partial charge in [0, 0.05) is 12.0 Å². The third kappa shape index (κ3) is 3.48. The van der Waals surface area contributed by atoms with Crippen LogP contribution in [0.1, 0.15) is 37.2 Å². The molecule has 6 nitrogen and oxygen atoms in total. The summed E-state index contributed by atoms with van der Waals surface area (Å²) in [6.45, 7) is 8.90. The van der Waals surface area contributed by atoms with E-state index in [-0.39, 0.29) is 0 Å². The molecule has 0 radical (unpaired) electrons. The summed E-state index contributed by atoms with van der Waals surface area (Å²) >= 11 is 0. The Morgan fingerprint density at radius 2 is 2.29 bits per heavy atom. The van der Waals surface area contributed by atoms with Crippen LogP contribution in [0.2, 0.25) is 0 Å². The molecule has 2 heterocycles. The fourth-order valence-corrected chi connectivity index (χ4v) is 2.58. The van der Waals surface area contributed by atoms with Crippen LogP contribution >= 0.6 is 0 Å². The Labute approximate surface area is 141 Å². The topological polar surface area (TPSA) is 72.9 Å². The van der Waals surface area contributed by atoms with Crippen LogP contribution in [0.15, 0.2) is 30.9 Å². The minimum atomic E-state index is 0.455. The molecule has 0 unspecified atom stereocenters. The summed E-state index contributed by atoms with van der Waals surface area (Å²) in [5, 5.41) is 14.0. The van der Waals surface area contributed by atoms with Crippen LogP contribution in [0, 0.1) is 5.92 Å². The zero-order valence-electron chi connectivity index (χ0n) is 14.1. The lowest BCUT2D eigenvalue weighted by Crippen LogP contribution is -2.10. The van der Waals surface area contributed by atoms with Crippen molar-refractivity contribution >= 4 is 5.76 Å². The van der Waals surface area contributed by atoms with E-state index < -0.39 is 0 Å². The highest BCUT2D eigenvalue weighted by Gasteiger charge is 2.23. The fraction of sp³-hybridized carbons (Fsp3) is 0.389. The number of benzene rings is 1. The lowest BCUT2D eigenvalue weighted by Gasteiger charge is -2.22. The van der Waals surface area contributed by atoms with Crippen molar-refractivity contribution < 1.29 is 9.47 Å². The van der Waals surface area contributed by atoms with Crippen LogP contribution in [0.25, 0.3) is 5.76 Å². The number of ether oxygens (including phenoxy) is 2. The number of H-pyrrole nitrogens is 1. The van der Waals surface area contributed by atoms with Crippen molar-refractivity contribution in [2.75, 3.05) is 6.61 Å². The molecule has 1 aliphatic heterocycles. The quantitative estimate of drug-likeness (QED) is 0.790. The summed E-state index contributed by atoms with van der Waals surface area (Å²) in [4.78, 5) is 0. The maximum atomic E-state index is 6.08. The number of aromatic amines is 1. The third-order valence-electron chi connectivity index (χ3n) is 3.89. The Morgan fingerprint density at radius 1 is 1.42 bits per heavy atom. The van der Waals surface area contributed by atoms with Gasteiger partial charge in [-0.25, -0.2) is 0 Å². The largest absolute Gasteiger partial charge is 0.493 e. The zero-order valence-corrected chi connectivity index (χ0v) is 14.1. The van der Waals surface area contributed by atoms with Gasteiger partial charge in [-0.05, 0) is 41.7 Å². The lowest BCUT2D eigenvalue weighted by atomic mass is 10.00. The second kappa shape index (κ2) is 7.29. The first kappa shape index (κ1) is 16.2. The highest BCUT2D eigenvalue weighted by Crippen LogP contribution is 2.39. The Morgan fingerprint density at radius 3 is 3.00 bits per heavy atom. The number of fused-ring (bicyclic) bond motifs is 1. The molecule has 0 spiro atoms. The standard InChI is InChI=1S/C18H22N4O2/c1-4-5-13-6-8-15(23-11-10-12(2)3)14-7-9-16(24-17(13)14)18-19-21-22-20-18/h4,6,8-9,12H,1,5,7,10-11H2,2-3H3,(H,19,20,21,22). The van der Waals surface area contributed by atoms with E-state index in [4.69, 9.17) is 9.47 Å². The van der Waals surface area contributed by atoms with Crippen molar-refractivity contribution in [2.24, 2.45) is 5.92 Å². The van der Waals surface area contributed by atoms with Gasteiger partial charge in [0.05, 0.1) is 6.61 Å². The zero-order chi connectivity index (χ0) is 16.9. The first-order valence-corrected chi connectivity index (χ1v) is 8.19. The Bertz CT molecular complexity index is 736. The van der Waals surface area contributed by atoms with Gasteiger partial charge in [0.1, 0.15) is 11.5 Å². The molecule has 0 amide bonds. The maximum absolute atomic E-state index is 6.08. The van der Waals surface area contributed by atoms with Crippen molar-refractivity contribution in [1.29, 1.82) is 0 Å². The normalized spacial score (nSPS) is 13.2. The molecule has 1 aromatic heterocycles. The van der Waals surface area contributed by atoms with Crippen molar-refractivity contribution in [3.8, 4) is 11.5 Å². The highest BCUT2D eigenvalue weighted by atomic mass is 16.5. The molecular weight excluding hydrogens is 304 g/mol. The van der Waals surface area contributed by atoms with Crippen molar-refractivity contribution in [1.82, 2.24) is 20.6 Å². The molecule has 2 aromatic rings. The van der Waals surface area contributed by atoms with Gasteiger partial charge in [-0.1, -0.05) is 26.0 Å². The van der Waals surface area contributed by atoms with Gasteiger partial charge in [0.25, 0.3) is 0 Å². The van der Waals surface area contributed by atoms with Crippen LogP contribution < -0.4 is 9.47 Å². The summed E-state index contributed by atoms with van der Waals surface area (Å²) in [6.07, 6.45) is 6.29. The van der Waals surface area contributed by atoms with E-state index in [0.717, 1.165) is 35.5 Å². The average Bonchev–Trinajstić information content (AvgIpc) is 3.10. The smallest absolute Gasteiger partial charge is 0.239 e. The molecule has 1 aromatic carbocycles. The SMILES string of the molecule is C=CCc1ccc(OCCC(C)C)c2c1OC(c1nn[nH]n1)=CC2. The molecule has 126 valence electrons. The molecule has 6 heteroatoms. The number of allylic oxidation sites excluding steroid dienone is 2. The molecule has 0 aliphatic carbocycles. The van der Waals surface area contributed by atoms with Crippen LogP contribution in [0.3, 0.4) is 0 Å². The molecule has 0 atom stereocenters. The molecule has 1 aliphatic rings. The first-order chi connectivity index (χ1) is 11.7. The molecule has 0 bridgehead atoms. The molecule has 24 heavy (non-hydrogen) atoms. The van der Waals surface area contributed by atoms with E-state index in [1.54, 1.807) is 0 Å². The van der Waals surface area contributed by atoms with Gasteiger partial charge in [-0.3, -0.25) is 0 Å². The van der Waals surface area contributed by atoms with E-state index in [2.05, 4.69) is 41.1 Å². The predicted octanol–water partition coefficient (Wildman–Crippen LogP) is 3.33. The van der Waals surface area contributed by atoms with Gasteiger partial charge in [-0.2, -0.15) is 5.21 Å². The Hall–Kier alpha value is -2.63. The monoisotopic (exact) mass is 326 g/mol. The van der Waals surface area contributed by atoms with Gasteiger partial charge >= 0.3 is 0 Å². The van der Waals surface area contributed by atoms with Crippen LogP contribution in [-0.4, -0.2) is 27.2 Å². The van der Waals surface area contributed by atoms with Crippen molar-refractivity contribution in [3.63, 3.8) is 0 Å². The van der Waals surface area contributed by atoms with Gasteiger partial charge in [0.2, 0.25) is 5.82 Å². The number of nitrogens with zero attached hydrogens (tertiary/aromatic N) is 3. The summed E-state index contributed by atoms with van der Waals surface area (Å²) in [6, 6.07) is 4.05. The highest BCUT2D eigenvalue weighted by molar-refractivity contribution is 5.64. The minimum absolute atomic E-state index is 0.455. The van der Waals surface area contributed by atoms with E-state index in [0.29, 0.717) is 30.5 Å². The molecule has 0 saturated heterocycles. The predicted molar refractivity (Wildman–Crippen MR) is 91.8 cm³/mol. The second-order valence-electron chi connectivity index (χ2n) is 6.16. The minimum Gasteiger partial charge on any atom is -0.493 e. The van der Waals surface area contributed by atoms with Crippen LogP contribution in [0.5, 0.6) is 11.5 Å². The number of aromatic nitrogens is 4.